The largest absolute Gasteiger partial charge is 0.294 e. The van der Waals surface area contributed by atoms with Gasteiger partial charge in [0, 0.05) is 17.0 Å². The number of ketones is 1. The van der Waals surface area contributed by atoms with Crippen LogP contribution in [0.5, 0.6) is 0 Å². The van der Waals surface area contributed by atoms with E-state index in [1.165, 1.54) is 36.4 Å². The molecule has 0 fully saturated rings. The number of Topliss-reactive ketones (excluding diaryl/α,β-unsaturated/α-hetero) is 1. The first-order valence-corrected chi connectivity index (χ1v) is 6.56. The molecule has 0 heterocycles. The lowest BCUT2D eigenvalue weighted by atomic mass is 10.0. The van der Waals surface area contributed by atoms with Crippen LogP contribution in [0.15, 0.2) is 40.9 Å². The number of carbonyl (C=O) groups excluding carboxylic acids is 1. The summed E-state index contributed by atoms with van der Waals surface area (Å²) in [6.07, 6.45) is -0.0331. The Balaban J connectivity index is 2.25. The van der Waals surface area contributed by atoms with Crippen LogP contribution in [0.1, 0.15) is 15.9 Å². The Morgan fingerprint density at radius 2 is 1.89 bits per heavy atom. The lowest BCUT2D eigenvalue weighted by molar-refractivity contribution is 0.0993. The van der Waals surface area contributed by atoms with Crippen LogP contribution in [0.4, 0.5) is 8.78 Å². The maximum atomic E-state index is 13.1. The molecule has 0 aliphatic heterocycles. The Hall–Kier alpha value is -1.26. The van der Waals surface area contributed by atoms with Gasteiger partial charge in [-0.05, 0) is 57.9 Å². The van der Waals surface area contributed by atoms with Gasteiger partial charge in [0.05, 0.1) is 4.47 Å². The normalized spacial score (nSPS) is 10.5. The summed E-state index contributed by atoms with van der Waals surface area (Å²) in [5, 5.41) is 0.330. The average Bonchev–Trinajstić information content (AvgIpc) is 2.37. The topological polar surface area (TPSA) is 17.1 Å². The van der Waals surface area contributed by atoms with Gasteiger partial charge in [0.25, 0.3) is 0 Å². The lowest BCUT2D eigenvalue weighted by Crippen LogP contribution is -2.04. The smallest absolute Gasteiger partial charge is 0.167 e. The van der Waals surface area contributed by atoms with Crippen molar-refractivity contribution >= 4 is 33.3 Å². The van der Waals surface area contributed by atoms with Crippen LogP contribution in [0.3, 0.4) is 0 Å². The monoisotopic (exact) mass is 344 g/mol. The van der Waals surface area contributed by atoms with Gasteiger partial charge in [0.2, 0.25) is 0 Å². The molecule has 0 saturated carbocycles. The summed E-state index contributed by atoms with van der Waals surface area (Å²) in [6, 6.07) is 7.83. The highest BCUT2D eigenvalue weighted by molar-refractivity contribution is 9.10. The number of hydrogen-bond donors (Lipinski definition) is 0. The predicted molar refractivity (Wildman–Crippen MR) is 73.5 cm³/mol. The molecule has 98 valence electrons. The minimum atomic E-state index is -0.451. The van der Waals surface area contributed by atoms with Crippen molar-refractivity contribution in [2.24, 2.45) is 0 Å². The zero-order valence-corrected chi connectivity index (χ0v) is 11.9. The Morgan fingerprint density at radius 3 is 2.58 bits per heavy atom. The standard InChI is InChI=1S/C14H8BrClF2O/c15-11-6-8(1-4-13(11)18)14(19)7-9-5-10(17)2-3-12(9)16/h1-6H,7H2. The highest BCUT2D eigenvalue weighted by atomic mass is 79.9. The maximum absolute atomic E-state index is 13.1. The van der Waals surface area contributed by atoms with Crippen molar-refractivity contribution in [3.05, 3.63) is 68.7 Å². The van der Waals surface area contributed by atoms with Crippen LogP contribution in [0.25, 0.3) is 0 Å². The fourth-order valence-corrected chi connectivity index (χ4v) is 2.19. The van der Waals surface area contributed by atoms with Crippen molar-refractivity contribution in [3.63, 3.8) is 0 Å². The number of hydrogen-bond acceptors (Lipinski definition) is 1. The summed E-state index contributed by atoms with van der Waals surface area (Å²) >= 11 is 8.91. The van der Waals surface area contributed by atoms with E-state index in [2.05, 4.69) is 15.9 Å². The van der Waals surface area contributed by atoms with E-state index < -0.39 is 11.6 Å². The molecule has 0 atom stereocenters. The lowest BCUT2D eigenvalue weighted by Gasteiger charge is -2.05. The van der Waals surface area contributed by atoms with Gasteiger partial charge in [-0.3, -0.25) is 4.79 Å². The number of halogens is 4. The molecule has 0 saturated heterocycles. The molecular weight excluding hydrogens is 338 g/mol. The second kappa shape index (κ2) is 5.80. The van der Waals surface area contributed by atoms with Crippen molar-refractivity contribution in [1.82, 2.24) is 0 Å². The Kier molecular flexibility index (Phi) is 4.32. The third-order valence-corrected chi connectivity index (χ3v) is 3.58. The van der Waals surface area contributed by atoms with E-state index in [0.29, 0.717) is 16.1 Å². The molecule has 0 aromatic heterocycles. The van der Waals surface area contributed by atoms with E-state index in [0.717, 1.165) is 0 Å². The third kappa shape index (κ3) is 3.39. The van der Waals surface area contributed by atoms with Gasteiger partial charge in [0.1, 0.15) is 11.6 Å². The zero-order valence-electron chi connectivity index (χ0n) is 9.59. The highest BCUT2D eigenvalue weighted by Crippen LogP contribution is 2.21. The molecule has 0 aliphatic rings. The van der Waals surface area contributed by atoms with E-state index in [4.69, 9.17) is 11.6 Å². The Morgan fingerprint density at radius 1 is 1.16 bits per heavy atom. The molecule has 0 spiro atoms. The van der Waals surface area contributed by atoms with Crippen LogP contribution in [-0.4, -0.2) is 5.78 Å². The molecule has 19 heavy (non-hydrogen) atoms. The van der Waals surface area contributed by atoms with E-state index in [9.17, 15) is 13.6 Å². The number of rotatable bonds is 3. The summed E-state index contributed by atoms with van der Waals surface area (Å²) in [5.74, 6) is -1.15. The van der Waals surface area contributed by atoms with E-state index >= 15 is 0 Å². The minimum absolute atomic E-state index is 0.0331. The van der Waals surface area contributed by atoms with Crippen molar-refractivity contribution in [3.8, 4) is 0 Å². The summed E-state index contributed by atoms with van der Waals surface area (Å²) in [4.78, 5) is 12.0. The Labute approximate surface area is 122 Å². The summed E-state index contributed by atoms with van der Waals surface area (Å²) in [7, 11) is 0. The SMILES string of the molecule is O=C(Cc1cc(F)ccc1Cl)c1ccc(F)c(Br)c1. The third-order valence-electron chi connectivity index (χ3n) is 2.60. The summed E-state index contributed by atoms with van der Waals surface area (Å²) < 4.78 is 26.4. The van der Waals surface area contributed by atoms with Crippen LogP contribution < -0.4 is 0 Å². The van der Waals surface area contributed by atoms with Gasteiger partial charge < -0.3 is 0 Å². The van der Waals surface area contributed by atoms with E-state index in [-0.39, 0.29) is 16.7 Å². The number of benzene rings is 2. The first-order valence-electron chi connectivity index (χ1n) is 5.39. The quantitative estimate of drug-likeness (QED) is 0.730. The van der Waals surface area contributed by atoms with Gasteiger partial charge in [-0.15, -0.1) is 0 Å². The van der Waals surface area contributed by atoms with E-state index in [1.54, 1.807) is 0 Å². The molecule has 2 aromatic carbocycles. The van der Waals surface area contributed by atoms with Crippen molar-refractivity contribution in [2.45, 2.75) is 6.42 Å². The van der Waals surface area contributed by atoms with Crippen LogP contribution in [0, 0.1) is 11.6 Å². The van der Waals surface area contributed by atoms with Crippen molar-refractivity contribution in [2.75, 3.05) is 0 Å². The predicted octanol–water partition coefficient (Wildman–Crippen LogP) is 4.81. The average molecular weight is 346 g/mol. The zero-order chi connectivity index (χ0) is 14.0. The Bertz CT molecular complexity index is 643. The molecule has 0 amide bonds. The van der Waals surface area contributed by atoms with Gasteiger partial charge in [0.15, 0.2) is 5.78 Å². The molecule has 2 aromatic rings. The van der Waals surface area contributed by atoms with Gasteiger partial charge >= 0.3 is 0 Å². The molecule has 0 radical (unpaired) electrons. The van der Waals surface area contributed by atoms with Crippen molar-refractivity contribution < 1.29 is 13.6 Å². The highest BCUT2D eigenvalue weighted by Gasteiger charge is 2.12. The summed E-state index contributed by atoms with van der Waals surface area (Å²) in [5.41, 5.74) is 0.751. The molecule has 1 nitrogen and oxygen atoms in total. The summed E-state index contributed by atoms with van der Waals surface area (Å²) in [6.45, 7) is 0. The molecule has 0 bridgehead atoms. The fourth-order valence-electron chi connectivity index (χ4n) is 1.62. The van der Waals surface area contributed by atoms with Gasteiger partial charge in [-0.1, -0.05) is 11.6 Å². The van der Waals surface area contributed by atoms with Crippen LogP contribution in [-0.2, 0) is 6.42 Å². The fraction of sp³-hybridized carbons (Fsp3) is 0.0714. The first-order chi connectivity index (χ1) is 8.97. The van der Waals surface area contributed by atoms with Crippen LogP contribution >= 0.6 is 27.5 Å². The van der Waals surface area contributed by atoms with E-state index in [1.807, 2.05) is 0 Å². The van der Waals surface area contributed by atoms with Gasteiger partial charge in [-0.2, -0.15) is 0 Å². The van der Waals surface area contributed by atoms with Crippen LogP contribution in [0.2, 0.25) is 5.02 Å². The molecule has 5 heteroatoms. The number of carbonyl (C=O) groups is 1. The molecule has 2 rings (SSSR count). The second-order valence-corrected chi connectivity index (χ2v) is 5.23. The molecular formula is C14H8BrClF2O. The van der Waals surface area contributed by atoms with Crippen molar-refractivity contribution in [1.29, 1.82) is 0 Å². The molecule has 0 aliphatic carbocycles. The minimum Gasteiger partial charge on any atom is -0.294 e. The molecule has 0 unspecified atom stereocenters. The molecule has 0 N–H and O–H groups in total. The maximum Gasteiger partial charge on any atom is 0.167 e. The first kappa shape index (κ1) is 14.2. The second-order valence-electron chi connectivity index (χ2n) is 3.96. The van der Waals surface area contributed by atoms with Gasteiger partial charge in [-0.25, -0.2) is 8.78 Å².